The second-order valence-electron chi connectivity index (χ2n) is 4.75. The van der Waals surface area contributed by atoms with E-state index >= 15 is 0 Å². The minimum Gasteiger partial charge on any atom is -0.508 e. The molecule has 0 bridgehead atoms. The number of nitrogens with one attached hydrogen (secondary N) is 2. The van der Waals surface area contributed by atoms with E-state index < -0.39 is 0 Å². The first kappa shape index (κ1) is 12.7. The minimum atomic E-state index is -0.345. The number of piperidine rings is 1. The maximum atomic E-state index is 12.0. The maximum Gasteiger partial charge on any atom is 0.255 e. The molecule has 98 valence electrons. The Hall–Kier alpha value is -1.75. The van der Waals surface area contributed by atoms with Crippen LogP contribution in [0.2, 0.25) is 0 Å². The predicted molar refractivity (Wildman–Crippen MR) is 67.7 cm³/mol. The molecule has 0 aliphatic carbocycles. The van der Waals surface area contributed by atoms with E-state index in [0.717, 1.165) is 19.5 Å². The fraction of sp³-hybridized carbons (Fsp3) is 0.462. The van der Waals surface area contributed by atoms with Crippen molar-refractivity contribution in [1.82, 2.24) is 10.6 Å². The maximum absolute atomic E-state index is 12.0. The molecule has 1 aromatic rings. The molecule has 1 aromatic carbocycles. The molecule has 0 saturated carbocycles. The second kappa shape index (κ2) is 5.27. The SMILES string of the molecule is CC1CNCCC1NC(=O)c1cc(O)ccc1O. The summed E-state index contributed by atoms with van der Waals surface area (Å²) in [5.41, 5.74) is 0.112. The Labute approximate surface area is 106 Å². The molecule has 1 aliphatic heterocycles. The van der Waals surface area contributed by atoms with E-state index in [-0.39, 0.29) is 29.0 Å². The third-order valence-corrected chi connectivity index (χ3v) is 3.33. The van der Waals surface area contributed by atoms with Crippen molar-refractivity contribution in [1.29, 1.82) is 0 Å². The number of phenolic OH excluding ortho intramolecular Hbond substituents is 2. The third-order valence-electron chi connectivity index (χ3n) is 3.33. The van der Waals surface area contributed by atoms with Gasteiger partial charge in [0.1, 0.15) is 11.5 Å². The van der Waals surface area contributed by atoms with Crippen molar-refractivity contribution >= 4 is 5.91 Å². The van der Waals surface area contributed by atoms with Gasteiger partial charge in [0.05, 0.1) is 5.56 Å². The first-order chi connectivity index (χ1) is 8.58. The summed E-state index contributed by atoms with van der Waals surface area (Å²) in [6.07, 6.45) is 0.868. The molecule has 1 saturated heterocycles. The molecule has 5 heteroatoms. The van der Waals surface area contributed by atoms with Crippen molar-refractivity contribution in [2.24, 2.45) is 5.92 Å². The lowest BCUT2D eigenvalue weighted by Gasteiger charge is -2.30. The van der Waals surface area contributed by atoms with Crippen LogP contribution in [0, 0.1) is 5.92 Å². The number of amides is 1. The van der Waals surface area contributed by atoms with E-state index in [0.29, 0.717) is 5.92 Å². The number of benzene rings is 1. The fourth-order valence-corrected chi connectivity index (χ4v) is 2.18. The minimum absolute atomic E-state index is 0.0312. The Morgan fingerprint density at radius 1 is 1.44 bits per heavy atom. The number of carbonyl (C=O) groups excluding carboxylic acids is 1. The molecule has 1 heterocycles. The van der Waals surface area contributed by atoms with Gasteiger partial charge in [0, 0.05) is 6.04 Å². The van der Waals surface area contributed by atoms with Crippen LogP contribution in [-0.4, -0.2) is 35.3 Å². The average molecular weight is 250 g/mol. The summed E-state index contributed by atoms with van der Waals surface area (Å²) in [5, 5.41) is 25.1. The summed E-state index contributed by atoms with van der Waals surface area (Å²) in [4.78, 5) is 12.0. The van der Waals surface area contributed by atoms with E-state index in [2.05, 4.69) is 17.6 Å². The summed E-state index contributed by atoms with van der Waals surface area (Å²) in [6, 6.07) is 4.03. The van der Waals surface area contributed by atoms with E-state index in [1.165, 1.54) is 18.2 Å². The topological polar surface area (TPSA) is 81.6 Å². The van der Waals surface area contributed by atoms with Crippen LogP contribution in [-0.2, 0) is 0 Å². The van der Waals surface area contributed by atoms with Crippen molar-refractivity contribution in [3.8, 4) is 11.5 Å². The van der Waals surface area contributed by atoms with Crippen molar-refractivity contribution in [3.63, 3.8) is 0 Å². The highest BCUT2D eigenvalue weighted by molar-refractivity contribution is 5.97. The van der Waals surface area contributed by atoms with Gasteiger partial charge in [-0.05, 0) is 43.6 Å². The summed E-state index contributed by atoms with van der Waals surface area (Å²) in [5.74, 6) is -0.146. The average Bonchev–Trinajstić information content (AvgIpc) is 2.35. The second-order valence-corrected chi connectivity index (χ2v) is 4.75. The molecule has 18 heavy (non-hydrogen) atoms. The Kier molecular flexibility index (Phi) is 3.72. The van der Waals surface area contributed by atoms with Gasteiger partial charge >= 0.3 is 0 Å². The zero-order chi connectivity index (χ0) is 13.1. The van der Waals surface area contributed by atoms with E-state index in [4.69, 9.17) is 0 Å². The van der Waals surface area contributed by atoms with Crippen LogP contribution in [0.3, 0.4) is 0 Å². The lowest BCUT2D eigenvalue weighted by molar-refractivity contribution is 0.0911. The molecule has 0 aromatic heterocycles. The van der Waals surface area contributed by atoms with Crippen LogP contribution in [0.5, 0.6) is 11.5 Å². The third kappa shape index (κ3) is 2.73. The zero-order valence-electron chi connectivity index (χ0n) is 10.3. The van der Waals surface area contributed by atoms with Crippen molar-refractivity contribution in [2.75, 3.05) is 13.1 Å². The molecular weight excluding hydrogens is 232 g/mol. The molecule has 0 radical (unpaired) electrons. The van der Waals surface area contributed by atoms with Gasteiger partial charge in [0.15, 0.2) is 0 Å². The molecule has 1 fully saturated rings. The van der Waals surface area contributed by atoms with Crippen LogP contribution in [0.25, 0.3) is 0 Å². The summed E-state index contributed by atoms with van der Waals surface area (Å²) in [7, 11) is 0. The fourth-order valence-electron chi connectivity index (χ4n) is 2.18. The van der Waals surface area contributed by atoms with Crippen LogP contribution in [0.1, 0.15) is 23.7 Å². The van der Waals surface area contributed by atoms with Gasteiger partial charge in [0.2, 0.25) is 0 Å². The molecule has 1 aliphatic rings. The van der Waals surface area contributed by atoms with Gasteiger partial charge in [-0.25, -0.2) is 0 Å². The van der Waals surface area contributed by atoms with Gasteiger partial charge in [-0.2, -0.15) is 0 Å². The summed E-state index contributed by atoms with van der Waals surface area (Å²) in [6.45, 7) is 3.82. The molecular formula is C13H18N2O3. The van der Waals surface area contributed by atoms with Gasteiger partial charge < -0.3 is 20.8 Å². The first-order valence-corrected chi connectivity index (χ1v) is 6.11. The lowest BCUT2D eigenvalue weighted by atomic mass is 9.95. The highest BCUT2D eigenvalue weighted by Crippen LogP contribution is 2.22. The number of rotatable bonds is 2. The summed E-state index contributed by atoms with van der Waals surface area (Å²) >= 11 is 0. The summed E-state index contributed by atoms with van der Waals surface area (Å²) < 4.78 is 0. The standard InChI is InChI=1S/C13H18N2O3/c1-8-7-14-5-4-11(8)15-13(18)10-6-9(16)2-3-12(10)17/h2-3,6,8,11,14,16-17H,4-5,7H2,1H3,(H,15,18). The number of hydrogen-bond acceptors (Lipinski definition) is 4. The quantitative estimate of drug-likeness (QED) is 0.586. The van der Waals surface area contributed by atoms with E-state index in [9.17, 15) is 15.0 Å². The first-order valence-electron chi connectivity index (χ1n) is 6.11. The highest BCUT2D eigenvalue weighted by atomic mass is 16.3. The number of phenols is 2. The predicted octanol–water partition coefficient (Wildman–Crippen LogP) is 0.826. The Morgan fingerprint density at radius 3 is 2.94 bits per heavy atom. The number of hydrogen-bond donors (Lipinski definition) is 4. The van der Waals surface area contributed by atoms with Gasteiger partial charge in [0.25, 0.3) is 5.91 Å². The van der Waals surface area contributed by atoms with Crippen LogP contribution in [0.4, 0.5) is 0 Å². The largest absolute Gasteiger partial charge is 0.508 e. The zero-order valence-corrected chi connectivity index (χ0v) is 10.3. The molecule has 4 N–H and O–H groups in total. The Balaban J connectivity index is 2.09. The highest BCUT2D eigenvalue weighted by Gasteiger charge is 2.24. The normalized spacial score (nSPS) is 23.6. The molecule has 1 amide bonds. The van der Waals surface area contributed by atoms with Gasteiger partial charge in [-0.1, -0.05) is 6.92 Å². The smallest absolute Gasteiger partial charge is 0.255 e. The van der Waals surface area contributed by atoms with Crippen molar-refractivity contribution in [2.45, 2.75) is 19.4 Å². The van der Waals surface area contributed by atoms with Crippen LogP contribution in [0.15, 0.2) is 18.2 Å². The van der Waals surface area contributed by atoms with Crippen molar-refractivity contribution < 1.29 is 15.0 Å². The van der Waals surface area contributed by atoms with Crippen LogP contribution < -0.4 is 10.6 Å². The molecule has 5 nitrogen and oxygen atoms in total. The molecule has 2 unspecified atom stereocenters. The van der Waals surface area contributed by atoms with Gasteiger partial charge in [-0.3, -0.25) is 4.79 Å². The van der Waals surface area contributed by atoms with E-state index in [1.54, 1.807) is 0 Å². The Bertz CT molecular complexity index is 448. The Morgan fingerprint density at radius 2 is 2.22 bits per heavy atom. The molecule has 2 rings (SSSR count). The number of carbonyl (C=O) groups is 1. The monoisotopic (exact) mass is 250 g/mol. The number of aromatic hydroxyl groups is 2. The van der Waals surface area contributed by atoms with Crippen molar-refractivity contribution in [3.05, 3.63) is 23.8 Å². The van der Waals surface area contributed by atoms with Gasteiger partial charge in [-0.15, -0.1) is 0 Å². The van der Waals surface area contributed by atoms with E-state index in [1.807, 2.05) is 0 Å². The molecule has 0 spiro atoms. The van der Waals surface area contributed by atoms with Crippen LogP contribution >= 0.6 is 0 Å². The molecule has 2 atom stereocenters. The lowest BCUT2D eigenvalue weighted by Crippen LogP contribution is -2.48.